The van der Waals surface area contributed by atoms with E-state index in [2.05, 4.69) is 28.5 Å². The Labute approximate surface area is 106 Å². The SMILES string of the molecule is Cn1cc(CC2(O)CCc3ccccc3C2)nn1. The van der Waals surface area contributed by atoms with E-state index in [1.165, 1.54) is 11.1 Å². The maximum atomic E-state index is 10.7. The molecule has 0 bridgehead atoms. The van der Waals surface area contributed by atoms with Crippen LogP contribution in [0.25, 0.3) is 0 Å². The minimum atomic E-state index is -0.676. The molecule has 1 heterocycles. The van der Waals surface area contributed by atoms with Crippen LogP contribution in [-0.4, -0.2) is 25.7 Å². The highest BCUT2D eigenvalue weighted by molar-refractivity contribution is 5.32. The second kappa shape index (κ2) is 4.21. The number of benzene rings is 1. The van der Waals surface area contributed by atoms with Gasteiger partial charge in [0, 0.05) is 26.1 Å². The Balaban J connectivity index is 1.81. The van der Waals surface area contributed by atoms with Gasteiger partial charge in [-0.3, -0.25) is 4.68 Å². The van der Waals surface area contributed by atoms with Crippen LogP contribution in [-0.2, 0) is 26.3 Å². The number of rotatable bonds is 2. The van der Waals surface area contributed by atoms with Crippen molar-refractivity contribution in [1.29, 1.82) is 0 Å². The maximum absolute atomic E-state index is 10.7. The van der Waals surface area contributed by atoms with E-state index in [0.29, 0.717) is 12.8 Å². The van der Waals surface area contributed by atoms with Crippen LogP contribution < -0.4 is 0 Å². The molecule has 1 unspecified atom stereocenters. The number of nitrogens with zero attached hydrogens (tertiary/aromatic N) is 3. The van der Waals surface area contributed by atoms with Gasteiger partial charge in [0.1, 0.15) is 0 Å². The predicted octanol–water partition coefficient (Wildman–Crippen LogP) is 1.28. The molecular weight excluding hydrogens is 226 g/mol. The van der Waals surface area contributed by atoms with Crippen molar-refractivity contribution in [1.82, 2.24) is 15.0 Å². The summed E-state index contributed by atoms with van der Waals surface area (Å²) in [5.74, 6) is 0. The normalized spacial score (nSPS) is 22.8. The van der Waals surface area contributed by atoms with Gasteiger partial charge in [0.05, 0.1) is 11.3 Å². The number of aryl methyl sites for hydroxylation is 2. The summed E-state index contributed by atoms with van der Waals surface area (Å²) < 4.78 is 1.68. The summed E-state index contributed by atoms with van der Waals surface area (Å²) in [4.78, 5) is 0. The Bertz CT molecular complexity index is 564. The standard InChI is InChI=1S/C14H17N3O/c1-17-10-13(15-16-17)9-14(18)7-6-11-4-2-3-5-12(11)8-14/h2-5,10,18H,6-9H2,1H3. The number of hydrogen-bond acceptors (Lipinski definition) is 3. The van der Waals surface area contributed by atoms with E-state index >= 15 is 0 Å². The second-order valence-electron chi connectivity index (χ2n) is 5.23. The zero-order valence-corrected chi connectivity index (χ0v) is 10.5. The van der Waals surface area contributed by atoms with Crippen LogP contribution in [0, 0.1) is 0 Å². The fraction of sp³-hybridized carbons (Fsp3) is 0.429. The molecular formula is C14H17N3O. The highest BCUT2D eigenvalue weighted by Gasteiger charge is 2.32. The number of aliphatic hydroxyl groups is 1. The van der Waals surface area contributed by atoms with Crippen LogP contribution in [0.15, 0.2) is 30.5 Å². The van der Waals surface area contributed by atoms with Gasteiger partial charge in [-0.05, 0) is 24.0 Å². The predicted molar refractivity (Wildman–Crippen MR) is 68.1 cm³/mol. The molecule has 0 amide bonds. The van der Waals surface area contributed by atoms with Gasteiger partial charge in [-0.15, -0.1) is 5.10 Å². The highest BCUT2D eigenvalue weighted by Crippen LogP contribution is 2.30. The third-order valence-electron chi connectivity index (χ3n) is 3.66. The Hall–Kier alpha value is -1.68. The van der Waals surface area contributed by atoms with E-state index in [1.54, 1.807) is 4.68 Å². The molecule has 0 aliphatic heterocycles. The van der Waals surface area contributed by atoms with Gasteiger partial charge in [-0.1, -0.05) is 29.5 Å². The monoisotopic (exact) mass is 243 g/mol. The van der Waals surface area contributed by atoms with Gasteiger partial charge in [0.25, 0.3) is 0 Å². The molecule has 1 aromatic heterocycles. The molecule has 0 saturated heterocycles. The molecule has 0 saturated carbocycles. The Morgan fingerprint density at radius 3 is 2.83 bits per heavy atom. The first kappa shape index (κ1) is 11.4. The fourth-order valence-corrected chi connectivity index (χ4v) is 2.75. The summed E-state index contributed by atoms with van der Waals surface area (Å²) in [6, 6.07) is 8.35. The third-order valence-corrected chi connectivity index (χ3v) is 3.66. The summed E-state index contributed by atoms with van der Waals surface area (Å²) in [6.45, 7) is 0. The van der Waals surface area contributed by atoms with Crippen molar-refractivity contribution in [2.75, 3.05) is 0 Å². The average molecular weight is 243 g/mol. The number of fused-ring (bicyclic) bond motifs is 1. The van der Waals surface area contributed by atoms with Crippen molar-refractivity contribution in [3.8, 4) is 0 Å². The van der Waals surface area contributed by atoms with E-state index in [4.69, 9.17) is 0 Å². The topological polar surface area (TPSA) is 50.9 Å². The Morgan fingerprint density at radius 1 is 1.33 bits per heavy atom. The molecule has 0 fully saturated rings. The van der Waals surface area contributed by atoms with Gasteiger partial charge < -0.3 is 5.11 Å². The van der Waals surface area contributed by atoms with E-state index in [-0.39, 0.29) is 0 Å². The lowest BCUT2D eigenvalue weighted by atomic mass is 9.78. The first-order valence-corrected chi connectivity index (χ1v) is 6.29. The summed E-state index contributed by atoms with van der Waals surface area (Å²) in [7, 11) is 1.84. The van der Waals surface area contributed by atoms with Crippen LogP contribution in [0.4, 0.5) is 0 Å². The molecule has 0 radical (unpaired) electrons. The first-order valence-electron chi connectivity index (χ1n) is 6.29. The van der Waals surface area contributed by atoms with Crippen molar-refractivity contribution in [2.45, 2.75) is 31.3 Å². The van der Waals surface area contributed by atoms with Gasteiger partial charge in [-0.2, -0.15) is 0 Å². The van der Waals surface area contributed by atoms with Crippen molar-refractivity contribution in [3.63, 3.8) is 0 Å². The zero-order valence-electron chi connectivity index (χ0n) is 10.5. The highest BCUT2D eigenvalue weighted by atomic mass is 16.3. The lowest BCUT2D eigenvalue weighted by Crippen LogP contribution is -2.38. The molecule has 1 aromatic carbocycles. The molecule has 1 N–H and O–H groups in total. The van der Waals surface area contributed by atoms with Gasteiger partial charge >= 0.3 is 0 Å². The third kappa shape index (κ3) is 2.16. The van der Waals surface area contributed by atoms with Crippen LogP contribution in [0.1, 0.15) is 23.2 Å². The summed E-state index contributed by atoms with van der Waals surface area (Å²) in [5, 5.41) is 18.7. The minimum Gasteiger partial charge on any atom is -0.389 e. The smallest absolute Gasteiger partial charge is 0.0855 e. The van der Waals surface area contributed by atoms with Crippen molar-refractivity contribution in [2.24, 2.45) is 7.05 Å². The summed E-state index contributed by atoms with van der Waals surface area (Å²) in [6.07, 6.45) is 4.89. The average Bonchev–Trinajstić information content (AvgIpc) is 2.74. The van der Waals surface area contributed by atoms with Crippen LogP contribution in [0.3, 0.4) is 0 Å². The Kier molecular flexibility index (Phi) is 2.67. The zero-order chi connectivity index (χ0) is 12.6. The number of aromatic nitrogens is 3. The maximum Gasteiger partial charge on any atom is 0.0855 e. The molecule has 1 atom stereocenters. The largest absolute Gasteiger partial charge is 0.389 e. The first-order chi connectivity index (χ1) is 8.65. The second-order valence-corrected chi connectivity index (χ2v) is 5.23. The fourth-order valence-electron chi connectivity index (χ4n) is 2.75. The van der Waals surface area contributed by atoms with Crippen molar-refractivity contribution in [3.05, 3.63) is 47.3 Å². The lowest BCUT2D eigenvalue weighted by Gasteiger charge is -2.32. The quantitative estimate of drug-likeness (QED) is 0.864. The van der Waals surface area contributed by atoms with Crippen LogP contribution >= 0.6 is 0 Å². The molecule has 94 valence electrons. The van der Waals surface area contributed by atoms with E-state index in [1.807, 2.05) is 19.3 Å². The summed E-state index contributed by atoms with van der Waals surface area (Å²) >= 11 is 0. The lowest BCUT2D eigenvalue weighted by molar-refractivity contribution is 0.0258. The number of hydrogen-bond donors (Lipinski definition) is 1. The van der Waals surface area contributed by atoms with E-state index < -0.39 is 5.60 Å². The minimum absolute atomic E-state index is 0.579. The Morgan fingerprint density at radius 2 is 2.11 bits per heavy atom. The summed E-state index contributed by atoms with van der Waals surface area (Å²) in [5.41, 5.74) is 2.81. The van der Waals surface area contributed by atoms with Gasteiger partial charge in [0.2, 0.25) is 0 Å². The van der Waals surface area contributed by atoms with Gasteiger partial charge in [0.15, 0.2) is 0 Å². The molecule has 1 aliphatic carbocycles. The molecule has 3 rings (SSSR count). The molecule has 4 nitrogen and oxygen atoms in total. The molecule has 4 heteroatoms. The van der Waals surface area contributed by atoms with Crippen LogP contribution in [0.5, 0.6) is 0 Å². The molecule has 0 spiro atoms. The van der Waals surface area contributed by atoms with Crippen LogP contribution in [0.2, 0.25) is 0 Å². The van der Waals surface area contributed by atoms with E-state index in [0.717, 1.165) is 18.5 Å². The molecule has 1 aliphatic rings. The van der Waals surface area contributed by atoms with E-state index in [9.17, 15) is 5.11 Å². The van der Waals surface area contributed by atoms with Crippen molar-refractivity contribution < 1.29 is 5.11 Å². The van der Waals surface area contributed by atoms with Crippen molar-refractivity contribution >= 4 is 0 Å². The molecule has 18 heavy (non-hydrogen) atoms. The van der Waals surface area contributed by atoms with Gasteiger partial charge in [-0.25, -0.2) is 0 Å². The molecule has 2 aromatic rings.